The maximum Gasteiger partial charge on any atom is 0.264 e. The number of halogens is 1. The van der Waals surface area contributed by atoms with Gasteiger partial charge in [-0.2, -0.15) is 0 Å². The van der Waals surface area contributed by atoms with Gasteiger partial charge in [-0.3, -0.25) is 4.72 Å². The Bertz CT molecular complexity index is 717. The Morgan fingerprint density at radius 3 is 2.58 bits per heavy atom. The highest BCUT2D eigenvalue weighted by Gasteiger charge is 2.19. The molecule has 2 aromatic rings. The van der Waals surface area contributed by atoms with Gasteiger partial charge in [-0.15, -0.1) is 0 Å². The van der Waals surface area contributed by atoms with Crippen LogP contribution in [0.2, 0.25) is 5.02 Å². The number of aromatic nitrogens is 1. The number of pyridine rings is 1. The molecule has 2 N–H and O–H groups in total. The van der Waals surface area contributed by atoms with Crippen molar-refractivity contribution in [2.75, 3.05) is 4.72 Å². The Morgan fingerprint density at radius 2 is 1.89 bits per heavy atom. The lowest BCUT2D eigenvalue weighted by Gasteiger charge is -2.10. The van der Waals surface area contributed by atoms with Crippen molar-refractivity contribution in [3.05, 3.63) is 47.1 Å². The van der Waals surface area contributed by atoms with E-state index in [-0.39, 0.29) is 21.5 Å². The Morgan fingerprint density at radius 1 is 1.21 bits per heavy atom. The number of hydrogen-bond donors (Lipinski definition) is 2. The molecule has 0 aliphatic heterocycles. The number of anilines is 1. The largest absolute Gasteiger partial charge is 0.504 e. The number of aryl methyl sites for hydroxylation is 1. The molecule has 0 fully saturated rings. The molecule has 0 spiro atoms. The summed E-state index contributed by atoms with van der Waals surface area (Å²) in [6.07, 6.45) is 0. The summed E-state index contributed by atoms with van der Waals surface area (Å²) in [4.78, 5) is 3.86. The first-order valence-corrected chi connectivity index (χ1v) is 7.20. The highest BCUT2D eigenvalue weighted by molar-refractivity contribution is 7.92. The van der Waals surface area contributed by atoms with Gasteiger partial charge < -0.3 is 5.11 Å². The average molecular weight is 299 g/mol. The van der Waals surface area contributed by atoms with E-state index < -0.39 is 10.0 Å². The van der Waals surface area contributed by atoms with E-state index in [4.69, 9.17) is 11.6 Å². The first kappa shape index (κ1) is 13.6. The van der Waals surface area contributed by atoms with Crippen LogP contribution in [-0.4, -0.2) is 18.5 Å². The summed E-state index contributed by atoms with van der Waals surface area (Å²) in [5, 5.41) is 9.69. The fraction of sp³-hybridized carbons (Fsp3) is 0.0833. The van der Waals surface area contributed by atoms with Crippen LogP contribution in [0.25, 0.3) is 0 Å². The molecule has 1 aromatic heterocycles. The smallest absolute Gasteiger partial charge is 0.264 e. The second kappa shape index (κ2) is 5.07. The van der Waals surface area contributed by atoms with E-state index in [0.29, 0.717) is 5.69 Å². The van der Waals surface area contributed by atoms with Crippen LogP contribution in [0, 0.1) is 6.92 Å². The van der Waals surface area contributed by atoms with Crippen LogP contribution in [0.4, 0.5) is 5.82 Å². The Labute approximate surface area is 115 Å². The molecule has 1 aromatic carbocycles. The molecule has 19 heavy (non-hydrogen) atoms. The van der Waals surface area contributed by atoms with Crippen molar-refractivity contribution in [1.82, 2.24) is 4.98 Å². The van der Waals surface area contributed by atoms with Crippen LogP contribution in [-0.2, 0) is 10.0 Å². The van der Waals surface area contributed by atoms with Gasteiger partial charge in [-0.05, 0) is 31.2 Å². The summed E-state index contributed by atoms with van der Waals surface area (Å²) in [6, 6.07) is 8.97. The lowest BCUT2D eigenvalue weighted by Crippen LogP contribution is -2.14. The number of nitrogens with zero attached hydrogens (tertiary/aromatic N) is 1. The van der Waals surface area contributed by atoms with E-state index in [2.05, 4.69) is 9.71 Å². The Hall–Kier alpha value is -1.79. The van der Waals surface area contributed by atoms with Gasteiger partial charge >= 0.3 is 0 Å². The predicted molar refractivity (Wildman–Crippen MR) is 72.9 cm³/mol. The summed E-state index contributed by atoms with van der Waals surface area (Å²) in [7, 11) is -3.89. The number of rotatable bonds is 3. The highest BCUT2D eigenvalue weighted by Crippen LogP contribution is 2.26. The maximum atomic E-state index is 12.1. The normalized spacial score (nSPS) is 11.3. The van der Waals surface area contributed by atoms with Gasteiger partial charge in [0.1, 0.15) is 4.90 Å². The Kier molecular flexibility index (Phi) is 3.64. The van der Waals surface area contributed by atoms with Crippen LogP contribution in [0.5, 0.6) is 5.75 Å². The van der Waals surface area contributed by atoms with Crippen molar-refractivity contribution in [1.29, 1.82) is 0 Å². The zero-order valence-corrected chi connectivity index (χ0v) is 11.5. The van der Waals surface area contributed by atoms with Crippen molar-refractivity contribution < 1.29 is 13.5 Å². The molecule has 0 unspecified atom stereocenters. The molecule has 0 aliphatic carbocycles. The molecular formula is C12H11ClN2O3S. The molecule has 0 radical (unpaired) electrons. The molecule has 5 nitrogen and oxygen atoms in total. The van der Waals surface area contributed by atoms with E-state index >= 15 is 0 Å². The third kappa shape index (κ3) is 2.97. The minimum absolute atomic E-state index is 0.0700. The van der Waals surface area contributed by atoms with Crippen molar-refractivity contribution in [3.63, 3.8) is 0 Å². The van der Waals surface area contributed by atoms with E-state index in [0.717, 1.165) is 0 Å². The van der Waals surface area contributed by atoms with Crippen molar-refractivity contribution in [2.24, 2.45) is 0 Å². The van der Waals surface area contributed by atoms with Gasteiger partial charge in [0.25, 0.3) is 10.0 Å². The third-order valence-electron chi connectivity index (χ3n) is 2.37. The summed E-state index contributed by atoms with van der Waals surface area (Å²) in [5.74, 6) is -0.374. The molecular weight excluding hydrogens is 288 g/mol. The molecule has 2 rings (SSSR count). The molecule has 7 heteroatoms. The van der Waals surface area contributed by atoms with Gasteiger partial charge in [-0.25, -0.2) is 13.4 Å². The zero-order valence-electron chi connectivity index (χ0n) is 9.96. The lowest BCUT2D eigenvalue weighted by molar-refractivity contribution is 0.475. The molecule has 0 atom stereocenters. The molecule has 100 valence electrons. The quantitative estimate of drug-likeness (QED) is 0.912. The third-order valence-corrected chi connectivity index (χ3v) is 4.21. The van der Waals surface area contributed by atoms with Crippen molar-refractivity contribution in [3.8, 4) is 5.75 Å². The van der Waals surface area contributed by atoms with E-state index in [1.807, 2.05) is 0 Å². The van der Waals surface area contributed by atoms with Gasteiger partial charge in [0.2, 0.25) is 0 Å². The number of aromatic hydroxyl groups is 1. The minimum atomic E-state index is -3.89. The van der Waals surface area contributed by atoms with Gasteiger partial charge in [0, 0.05) is 5.69 Å². The van der Waals surface area contributed by atoms with Crippen LogP contribution in [0.15, 0.2) is 41.3 Å². The van der Waals surface area contributed by atoms with Crippen LogP contribution in [0.1, 0.15) is 5.69 Å². The maximum absolute atomic E-state index is 12.1. The first-order chi connectivity index (χ1) is 8.90. The number of nitrogens with one attached hydrogen (secondary N) is 1. The molecule has 0 aliphatic rings. The SMILES string of the molecule is Cc1ccc(O)c(NS(=O)(=O)c2ccccc2Cl)n1. The Balaban J connectivity index is 2.43. The van der Waals surface area contributed by atoms with E-state index in [9.17, 15) is 13.5 Å². The molecule has 0 bridgehead atoms. The zero-order chi connectivity index (χ0) is 14.0. The minimum Gasteiger partial charge on any atom is -0.504 e. The lowest BCUT2D eigenvalue weighted by atomic mass is 10.3. The molecule has 0 amide bonds. The molecule has 0 saturated heterocycles. The number of hydrogen-bond acceptors (Lipinski definition) is 4. The van der Waals surface area contributed by atoms with Gasteiger partial charge in [0.05, 0.1) is 5.02 Å². The number of benzene rings is 1. The monoisotopic (exact) mass is 298 g/mol. The second-order valence-corrected chi connectivity index (χ2v) is 5.91. The fourth-order valence-electron chi connectivity index (χ4n) is 1.47. The molecule has 1 heterocycles. The average Bonchev–Trinajstić information content (AvgIpc) is 2.34. The van der Waals surface area contributed by atoms with Crippen LogP contribution >= 0.6 is 11.6 Å². The topological polar surface area (TPSA) is 79.3 Å². The van der Waals surface area contributed by atoms with Crippen molar-refractivity contribution >= 4 is 27.4 Å². The van der Waals surface area contributed by atoms with Gasteiger partial charge in [0.15, 0.2) is 11.6 Å². The first-order valence-electron chi connectivity index (χ1n) is 5.34. The van der Waals surface area contributed by atoms with E-state index in [1.54, 1.807) is 25.1 Å². The summed E-state index contributed by atoms with van der Waals surface area (Å²) in [5.41, 5.74) is 0.578. The molecule has 0 saturated carbocycles. The predicted octanol–water partition coefficient (Wildman–Crippen LogP) is 2.55. The van der Waals surface area contributed by atoms with Gasteiger partial charge in [-0.1, -0.05) is 23.7 Å². The number of sulfonamides is 1. The summed E-state index contributed by atoms with van der Waals surface area (Å²) >= 11 is 5.84. The summed E-state index contributed by atoms with van der Waals surface area (Å²) < 4.78 is 26.5. The summed E-state index contributed by atoms with van der Waals surface area (Å²) in [6.45, 7) is 1.69. The second-order valence-electron chi connectivity index (χ2n) is 3.86. The van der Waals surface area contributed by atoms with Crippen molar-refractivity contribution in [2.45, 2.75) is 11.8 Å². The van der Waals surface area contributed by atoms with Crippen LogP contribution < -0.4 is 4.72 Å². The fourth-order valence-corrected chi connectivity index (χ4v) is 3.01. The highest BCUT2D eigenvalue weighted by atomic mass is 35.5. The van der Waals surface area contributed by atoms with Crippen LogP contribution in [0.3, 0.4) is 0 Å². The van der Waals surface area contributed by atoms with E-state index in [1.165, 1.54) is 18.2 Å². The standard InChI is InChI=1S/C12H11ClN2O3S/c1-8-6-7-10(16)12(14-8)15-19(17,18)11-5-3-2-4-9(11)13/h2-7,16H,1H3,(H,14,15).